The van der Waals surface area contributed by atoms with E-state index < -0.39 is 34.9 Å². The highest BCUT2D eigenvalue weighted by Crippen LogP contribution is 2.33. The summed E-state index contributed by atoms with van der Waals surface area (Å²) in [6, 6.07) is 0. The van der Waals surface area contributed by atoms with E-state index in [4.69, 9.17) is 9.94 Å². The summed E-state index contributed by atoms with van der Waals surface area (Å²) >= 11 is 1.20. The van der Waals surface area contributed by atoms with Gasteiger partial charge in [-0.25, -0.2) is 4.79 Å². The van der Waals surface area contributed by atoms with Crippen LogP contribution in [0.2, 0.25) is 0 Å². The molecule has 1 unspecified atom stereocenters. The van der Waals surface area contributed by atoms with Crippen molar-refractivity contribution in [2.75, 3.05) is 12.3 Å². The lowest BCUT2D eigenvalue weighted by molar-refractivity contribution is -0.201. The Morgan fingerprint density at radius 3 is 2.23 bits per heavy atom. The van der Waals surface area contributed by atoms with E-state index in [1.165, 1.54) is 16.7 Å². The Hall–Kier alpha value is -2.43. The number of imide groups is 2. The number of thioether (sulfide) groups is 1. The van der Waals surface area contributed by atoms with E-state index in [0.717, 1.165) is 0 Å². The summed E-state index contributed by atoms with van der Waals surface area (Å²) in [5.74, 6) is -3.16. The molecule has 164 valence electrons. The number of hydrogen-bond donors (Lipinski definition) is 1. The van der Waals surface area contributed by atoms with Crippen molar-refractivity contribution in [1.29, 1.82) is 0 Å². The van der Waals surface area contributed by atoms with Crippen molar-refractivity contribution in [1.82, 2.24) is 9.96 Å². The fraction of sp³-hybridized carbons (Fsp3) is 0.684. The number of carboxylic acid groups (broad SMARTS) is 1. The van der Waals surface area contributed by atoms with Crippen LogP contribution in [0.4, 0.5) is 0 Å². The van der Waals surface area contributed by atoms with Crippen LogP contribution in [0.15, 0.2) is 0 Å². The van der Waals surface area contributed by atoms with Gasteiger partial charge in [0.25, 0.3) is 11.8 Å². The SMILES string of the molecule is O=C(O)CCSC1CC(=O)N(CC2CCC(C(=O)ON3C(=O)CCC3=O)CC2)C1=O. The first kappa shape index (κ1) is 22.3. The van der Waals surface area contributed by atoms with Crippen molar-refractivity contribution in [3.8, 4) is 0 Å². The quantitative estimate of drug-likeness (QED) is 0.541. The van der Waals surface area contributed by atoms with Gasteiger partial charge in [0.05, 0.1) is 17.6 Å². The third-order valence-electron chi connectivity index (χ3n) is 5.65. The van der Waals surface area contributed by atoms with Crippen molar-refractivity contribution < 1.29 is 38.7 Å². The van der Waals surface area contributed by atoms with Gasteiger partial charge in [0.1, 0.15) is 0 Å². The lowest BCUT2D eigenvalue weighted by atomic mass is 9.82. The number of carbonyl (C=O) groups is 6. The molecule has 30 heavy (non-hydrogen) atoms. The number of likely N-dealkylation sites (tertiary alicyclic amines) is 1. The number of aliphatic carboxylic acids is 1. The molecule has 0 aromatic rings. The highest BCUT2D eigenvalue weighted by atomic mass is 32.2. The zero-order valence-corrected chi connectivity index (χ0v) is 17.2. The minimum absolute atomic E-state index is 0.0479. The summed E-state index contributed by atoms with van der Waals surface area (Å²) in [5.41, 5.74) is 0. The summed E-state index contributed by atoms with van der Waals surface area (Å²) in [6.45, 7) is 0.290. The second-order valence-corrected chi connectivity index (χ2v) is 9.07. The molecule has 2 saturated heterocycles. The molecule has 3 fully saturated rings. The zero-order valence-electron chi connectivity index (χ0n) is 16.4. The Bertz CT molecular complexity index is 746. The molecule has 0 aromatic heterocycles. The van der Waals surface area contributed by atoms with Crippen molar-refractivity contribution in [3.63, 3.8) is 0 Å². The predicted molar refractivity (Wildman–Crippen MR) is 102 cm³/mol. The first-order valence-electron chi connectivity index (χ1n) is 10.0. The highest BCUT2D eigenvalue weighted by molar-refractivity contribution is 8.00. The summed E-state index contributed by atoms with van der Waals surface area (Å²) in [5, 5.41) is 8.72. The van der Waals surface area contributed by atoms with Gasteiger partial charge in [-0.1, -0.05) is 0 Å². The van der Waals surface area contributed by atoms with E-state index in [1.807, 2.05) is 0 Å². The molecule has 2 aliphatic heterocycles. The van der Waals surface area contributed by atoms with Crippen LogP contribution in [0.3, 0.4) is 0 Å². The van der Waals surface area contributed by atoms with Crippen LogP contribution in [0.1, 0.15) is 51.4 Å². The van der Waals surface area contributed by atoms with Crippen LogP contribution in [0.5, 0.6) is 0 Å². The molecule has 4 amide bonds. The van der Waals surface area contributed by atoms with Crippen LogP contribution in [-0.4, -0.2) is 68.2 Å². The van der Waals surface area contributed by atoms with E-state index in [1.54, 1.807) is 0 Å². The van der Waals surface area contributed by atoms with Gasteiger partial charge in [0, 0.05) is 31.6 Å². The minimum Gasteiger partial charge on any atom is -0.481 e. The van der Waals surface area contributed by atoms with E-state index in [2.05, 4.69) is 0 Å². The standard InChI is InChI=1S/C19H24N2O8S/c22-14-5-6-15(23)21(14)29-19(28)12-3-1-11(2-4-12)10-20-16(24)9-13(18(20)27)30-8-7-17(25)26/h11-13H,1-10H2,(H,25,26). The van der Waals surface area contributed by atoms with E-state index in [9.17, 15) is 28.8 Å². The number of carbonyl (C=O) groups excluding carboxylic acids is 5. The predicted octanol–water partition coefficient (Wildman–Crippen LogP) is 0.735. The fourth-order valence-electron chi connectivity index (χ4n) is 3.92. The molecule has 1 atom stereocenters. The molecule has 11 heteroatoms. The summed E-state index contributed by atoms with van der Waals surface area (Å²) in [4.78, 5) is 76.9. The third-order valence-corrected chi connectivity index (χ3v) is 6.86. The second kappa shape index (κ2) is 9.59. The normalized spacial score (nSPS) is 27.1. The maximum atomic E-state index is 12.5. The number of nitrogens with zero attached hydrogens (tertiary/aromatic N) is 2. The molecule has 0 bridgehead atoms. The molecule has 0 spiro atoms. The maximum Gasteiger partial charge on any atom is 0.336 e. The Balaban J connectivity index is 1.44. The Labute approximate surface area is 177 Å². The molecule has 2 heterocycles. The number of amides is 4. The third kappa shape index (κ3) is 5.18. The summed E-state index contributed by atoms with van der Waals surface area (Å²) in [7, 11) is 0. The summed E-state index contributed by atoms with van der Waals surface area (Å²) in [6.07, 6.45) is 2.35. The van der Waals surface area contributed by atoms with E-state index >= 15 is 0 Å². The molecule has 3 rings (SSSR count). The fourth-order valence-corrected chi connectivity index (χ4v) is 5.03. The number of rotatable bonds is 8. The summed E-state index contributed by atoms with van der Waals surface area (Å²) < 4.78 is 0. The van der Waals surface area contributed by atoms with E-state index in [-0.39, 0.29) is 49.2 Å². The van der Waals surface area contributed by atoms with Crippen LogP contribution >= 0.6 is 11.8 Å². The lowest BCUT2D eigenvalue weighted by Crippen LogP contribution is -2.39. The largest absolute Gasteiger partial charge is 0.481 e. The monoisotopic (exact) mass is 440 g/mol. The topological polar surface area (TPSA) is 138 Å². The molecule has 1 N–H and O–H groups in total. The highest BCUT2D eigenvalue weighted by Gasteiger charge is 2.41. The van der Waals surface area contributed by atoms with E-state index in [0.29, 0.717) is 37.3 Å². The van der Waals surface area contributed by atoms with Crippen LogP contribution in [0.25, 0.3) is 0 Å². The molecule has 1 aliphatic carbocycles. The van der Waals surface area contributed by atoms with Gasteiger partial charge in [0.2, 0.25) is 11.8 Å². The second-order valence-electron chi connectivity index (χ2n) is 7.76. The van der Waals surface area contributed by atoms with Gasteiger partial charge in [-0.2, -0.15) is 0 Å². The Kier molecular flexibility index (Phi) is 7.11. The molecular formula is C19H24N2O8S. The average Bonchev–Trinajstić information content (AvgIpc) is 3.16. The van der Waals surface area contributed by atoms with Crippen LogP contribution in [-0.2, 0) is 33.6 Å². The van der Waals surface area contributed by atoms with Crippen molar-refractivity contribution in [2.24, 2.45) is 11.8 Å². The first-order chi connectivity index (χ1) is 14.3. The van der Waals surface area contributed by atoms with Gasteiger partial charge in [-0.15, -0.1) is 16.8 Å². The van der Waals surface area contributed by atoms with Gasteiger partial charge in [-0.05, 0) is 31.6 Å². The lowest BCUT2D eigenvalue weighted by Gasteiger charge is -2.30. The van der Waals surface area contributed by atoms with Crippen molar-refractivity contribution in [2.45, 2.75) is 56.6 Å². The minimum atomic E-state index is -0.940. The van der Waals surface area contributed by atoms with Crippen LogP contribution < -0.4 is 0 Å². The molecule has 1 saturated carbocycles. The molecule has 10 nitrogen and oxygen atoms in total. The number of carboxylic acids is 1. The molecular weight excluding hydrogens is 416 g/mol. The first-order valence-corrected chi connectivity index (χ1v) is 11.1. The Morgan fingerprint density at radius 2 is 1.63 bits per heavy atom. The molecule has 3 aliphatic rings. The zero-order chi connectivity index (χ0) is 21.8. The number of hydrogen-bond acceptors (Lipinski definition) is 8. The number of hydroxylamine groups is 2. The maximum absolute atomic E-state index is 12.5. The van der Waals surface area contributed by atoms with Crippen LogP contribution in [0, 0.1) is 11.8 Å². The van der Waals surface area contributed by atoms with Crippen molar-refractivity contribution in [3.05, 3.63) is 0 Å². The Morgan fingerprint density at radius 1 is 1.00 bits per heavy atom. The van der Waals surface area contributed by atoms with Crippen molar-refractivity contribution >= 4 is 47.3 Å². The van der Waals surface area contributed by atoms with Gasteiger partial charge < -0.3 is 9.94 Å². The smallest absolute Gasteiger partial charge is 0.336 e. The molecule has 0 radical (unpaired) electrons. The molecule has 0 aromatic carbocycles. The van der Waals surface area contributed by atoms with Gasteiger partial charge in [0.15, 0.2) is 0 Å². The van der Waals surface area contributed by atoms with Gasteiger partial charge >= 0.3 is 11.9 Å². The average molecular weight is 440 g/mol. The van der Waals surface area contributed by atoms with Gasteiger partial charge in [-0.3, -0.25) is 28.9 Å².